The molecule has 0 aliphatic heterocycles. The molecule has 0 saturated heterocycles. The van der Waals surface area contributed by atoms with Crippen LogP contribution in [0, 0.1) is 5.41 Å². The highest BCUT2D eigenvalue weighted by Gasteiger charge is 2.21. The molecule has 70 valence electrons. The van der Waals surface area contributed by atoms with E-state index in [4.69, 9.17) is 10.0 Å². The molecule has 2 N–H and O–H groups in total. The van der Waals surface area contributed by atoms with E-state index in [1.807, 2.05) is 25.2 Å². The molecule has 1 rings (SSSR count). The number of hydrogen-bond donors (Lipinski definition) is 2. The van der Waals surface area contributed by atoms with Crippen LogP contribution in [0.5, 0.6) is 0 Å². The van der Waals surface area contributed by atoms with Crippen molar-refractivity contribution in [2.24, 2.45) is 5.41 Å². The molecule has 0 aromatic carbocycles. The molecular weight excluding hydrogens is 163 g/mol. The topological polar surface area (TPSA) is 40.5 Å². The lowest BCUT2D eigenvalue weighted by Crippen LogP contribution is -2.15. The maximum Gasteiger partial charge on any atom is 0.488 e. The highest BCUT2D eigenvalue weighted by atomic mass is 16.4. The van der Waals surface area contributed by atoms with Gasteiger partial charge in [-0.2, -0.15) is 0 Å². The van der Waals surface area contributed by atoms with Gasteiger partial charge in [-0.15, -0.1) is 0 Å². The van der Waals surface area contributed by atoms with Crippen LogP contribution < -0.4 is 0 Å². The minimum Gasteiger partial charge on any atom is -0.423 e. The zero-order chi connectivity index (χ0) is 10.1. The zero-order valence-electron chi connectivity index (χ0n) is 8.28. The highest BCUT2D eigenvalue weighted by molar-refractivity contribution is 6.51. The van der Waals surface area contributed by atoms with Crippen LogP contribution >= 0.6 is 0 Å². The van der Waals surface area contributed by atoms with Crippen LogP contribution in [0.25, 0.3) is 0 Å². The maximum atomic E-state index is 9.00. The van der Waals surface area contributed by atoms with Gasteiger partial charge in [0.15, 0.2) is 0 Å². The van der Waals surface area contributed by atoms with Gasteiger partial charge in [-0.1, -0.05) is 43.7 Å². The standard InChI is InChI=1S/C10H15BO2/c1-8-7-9(11(12)13)5-4-6-10(8,2)3/h4-7,12-13H,1-3H3. The third-order valence-corrected chi connectivity index (χ3v) is 2.50. The first-order valence-electron chi connectivity index (χ1n) is 4.38. The summed E-state index contributed by atoms with van der Waals surface area (Å²) in [6.07, 6.45) is 7.46. The van der Waals surface area contributed by atoms with E-state index < -0.39 is 7.12 Å². The summed E-state index contributed by atoms with van der Waals surface area (Å²) in [4.78, 5) is 0. The molecule has 1 aliphatic carbocycles. The third kappa shape index (κ3) is 2.33. The average Bonchev–Trinajstić information content (AvgIpc) is 2.12. The first-order valence-corrected chi connectivity index (χ1v) is 4.38. The summed E-state index contributed by atoms with van der Waals surface area (Å²) in [7, 11) is -1.38. The minimum atomic E-state index is -1.38. The van der Waals surface area contributed by atoms with Gasteiger partial charge in [-0.05, 0) is 12.4 Å². The summed E-state index contributed by atoms with van der Waals surface area (Å²) in [6, 6.07) is 0. The van der Waals surface area contributed by atoms with Crippen molar-refractivity contribution in [3.05, 3.63) is 35.3 Å². The molecule has 1 aliphatic rings. The molecule has 0 unspecified atom stereocenters. The van der Waals surface area contributed by atoms with Crippen molar-refractivity contribution < 1.29 is 10.0 Å². The Morgan fingerprint density at radius 2 is 1.92 bits per heavy atom. The van der Waals surface area contributed by atoms with Crippen molar-refractivity contribution >= 4 is 7.12 Å². The lowest BCUT2D eigenvalue weighted by molar-refractivity contribution is 0.420. The molecule has 0 radical (unpaired) electrons. The van der Waals surface area contributed by atoms with E-state index in [2.05, 4.69) is 13.8 Å². The van der Waals surface area contributed by atoms with Gasteiger partial charge in [0.25, 0.3) is 0 Å². The van der Waals surface area contributed by atoms with Gasteiger partial charge in [-0.25, -0.2) is 0 Å². The zero-order valence-corrected chi connectivity index (χ0v) is 8.28. The predicted molar refractivity (Wildman–Crippen MR) is 55.0 cm³/mol. The Labute approximate surface area is 79.4 Å². The lowest BCUT2D eigenvalue weighted by atomic mass is 9.76. The molecule has 13 heavy (non-hydrogen) atoms. The van der Waals surface area contributed by atoms with Gasteiger partial charge in [0.1, 0.15) is 0 Å². The van der Waals surface area contributed by atoms with Gasteiger partial charge in [0.2, 0.25) is 0 Å². The fourth-order valence-corrected chi connectivity index (χ4v) is 1.18. The molecule has 0 aromatic heterocycles. The van der Waals surface area contributed by atoms with Gasteiger partial charge in [0.05, 0.1) is 0 Å². The SMILES string of the molecule is CC1=CC(B(O)O)=CC=CC1(C)C. The van der Waals surface area contributed by atoms with E-state index in [1.54, 1.807) is 6.08 Å². The van der Waals surface area contributed by atoms with Crippen LogP contribution in [0.15, 0.2) is 35.3 Å². The van der Waals surface area contributed by atoms with Crippen LogP contribution in [-0.4, -0.2) is 17.2 Å². The van der Waals surface area contributed by atoms with E-state index in [0.717, 1.165) is 5.57 Å². The molecule has 0 aromatic rings. The Bertz CT molecular complexity index is 285. The normalized spacial score (nSPS) is 20.4. The van der Waals surface area contributed by atoms with Gasteiger partial charge in [0, 0.05) is 5.41 Å². The molecule has 0 saturated carbocycles. The fraction of sp³-hybridized carbons (Fsp3) is 0.400. The first kappa shape index (κ1) is 10.3. The molecule has 0 spiro atoms. The smallest absolute Gasteiger partial charge is 0.423 e. The summed E-state index contributed by atoms with van der Waals surface area (Å²) >= 11 is 0. The van der Waals surface area contributed by atoms with Crippen molar-refractivity contribution in [1.29, 1.82) is 0 Å². The van der Waals surface area contributed by atoms with Crippen LogP contribution in [-0.2, 0) is 0 Å². The summed E-state index contributed by atoms with van der Waals surface area (Å²) in [5.41, 5.74) is 1.66. The third-order valence-electron chi connectivity index (χ3n) is 2.50. The van der Waals surface area contributed by atoms with E-state index in [1.165, 1.54) is 0 Å². The molecule has 0 heterocycles. The Morgan fingerprint density at radius 3 is 2.46 bits per heavy atom. The number of rotatable bonds is 1. The van der Waals surface area contributed by atoms with Crippen LogP contribution in [0.1, 0.15) is 20.8 Å². The molecule has 0 fully saturated rings. The van der Waals surface area contributed by atoms with Gasteiger partial charge < -0.3 is 10.0 Å². The van der Waals surface area contributed by atoms with E-state index >= 15 is 0 Å². The molecule has 0 amide bonds. The van der Waals surface area contributed by atoms with Crippen molar-refractivity contribution in [2.45, 2.75) is 20.8 Å². The first-order chi connectivity index (χ1) is 5.93. The Hall–Kier alpha value is -0.795. The average molecular weight is 178 g/mol. The highest BCUT2D eigenvalue weighted by Crippen LogP contribution is 2.30. The molecule has 2 nitrogen and oxygen atoms in total. The van der Waals surface area contributed by atoms with Gasteiger partial charge >= 0.3 is 7.12 Å². The van der Waals surface area contributed by atoms with Crippen molar-refractivity contribution in [3.8, 4) is 0 Å². The van der Waals surface area contributed by atoms with E-state index in [-0.39, 0.29) is 5.41 Å². The van der Waals surface area contributed by atoms with Crippen LogP contribution in [0.2, 0.25) is 0 Å². The second-order valence-electron chi connectivity index (χ2n) is 3.95. The minimum absolute atomic E-state index is 0.00681. The Morgan fingerprint density at radius 1 is 1.31 bits per heavy atom. The van der Waals surface area contributed by atoms with Crippen LogP contribution in [0.4, 0.5) is 0 Å². The Balaban J connectivity index is 3.04. The molecule has 0 bridgehead atoms. The second-order valence-corrected chi connectivity index (χ2v) is 3.95. The van der Waals surface area contributed by atoms with Crippen molar-refractivity contribution in [2.75, 3.05) is 0 Å². The summed E-state index contributed by atoms with van der Waals surface area (Å²) < 4.78 is 0. The monoisotopic (exact) mass is 178 g/mol. The fourth-order valence-electron chi connectivity index (χ4n) is 1.18. The second kappa shape index (κ2) is 3.52. The summed E-state index contributed by atoms with van der Waals surface area (Å²) in [6.45, 7) is 6.18. The van der Waals surface area contributed by atoms with Gasteiger partial charge in [-0.3, -0.25) is 0 Å². The summed E-state index contributed by atoms with van der Waals surface area (Å²) in [5.74, 6) is 0. The van der Waals surface area contributed by atoms with Crippen LogP contribution in [0.3, 0.4) is 0 Å². The van der Waals surface area contributed by atoms with E-state index in [9.17, 15) is 0 Å². The van der Waals surface area contributed by atoms with Crippen molar-refractivity contribution in [3.63, 3.8) is 0 Å². The number of hydrogen-bond acceptors (Lipinski definition) is 2. The number of allylic oxidation sites excluding steroid dienone is 6. The molecule has 3 heteroatoms. The predicted octanol–water partition coefficient (Wildman–Crippen LogP) is 1.47. The van der Waals surface area contributed by atoms with E-state index in [0.29, 0.717) is 5.47 Å². The maximum absolute atomic E-state index is 9.00. The molecular formula is C10H15BO2. The summed E-state index contributed by atoms with van der Waals surface area (Å²) in [5, 5.41) is 18.0. The quantitative estimate of drug-likeness (QED) is 0.597. The van der Waals surface area contributed by atoms with Crippen molar-refractivity contribution in [1.82, 2.24) is 0 Å². The molecule has 0 atom stereocenters. The lowest BCUT2D eigenvalue weighted by Gasteiger charge is -2.20. The largest absolute Gasteiger partial charge is 0.488 e. The Kier molecular flexibility index (Phi) is 2.79.